The quantitative estimate of drug-likeness (QED) is 0.445. The van der Waals surface area contributed by atoms with Gasteiger partial charge in [0, 0.05) is 0 Å². The van der Waals surface area contributed by atoms with Crippen molar-refractivity contribution in [1.29, 1.82) is 0 Å². The van der Waals surface area contributed by atoms with Crippen LogP contribution in [0.25, 0.3) is 0 Å². The van der Waals surface area contributed by atoms with Gasteiger partial charge in [-0.05, 0) is 13.0 Å². The summed E-state index contributed by atoms with van der Waals surface area (Å²) in [6.45, 7) is 0.361. The lowest BCUT2D eigenvalue weighted by Gasteiger charge is -1.94. The van der Waals surface area contributed by atoms with Crippen molar-refractivity contribution in [1.82, 2.24) is 0 Å². The molecule has 0 rings (SSSR count). The molecule has 0 aliphatic heterocycles. The highest BCUT2D eigenvalue weighted by Gasteiger charge is 1.95. The minimum atomic E-state index is -0.856. The van der Waals surface area contributed by atoms with Crippen LogP contribution in [0.15, 0.2) is 0 Å². The molecule has 42 valence electrons. The van der Waals surface area contributed by atoms with Crippen molar-refractivity contribution >= 4 is 6.29 Å². The lowest BCUT2D eigenvalue weighted by molar-refractivity contribution is -0.115. The van der Waals surface area contributed by atoms with E-state index in [1.807, 2.05) is 0 Å². The predicted molar refractivity (Wildman–Crippen MR) is 25.7 cm³/mol. The molecule has 3 N–H and O–H groups in total. The van der Waals surface area contributed by atoms with Gasteiger partial charge in [-0.1, -0.05) is 0 Å². The molecule has 0 unspecified atom stereocenters. The first-order valence-electron chi connectivity index (χ1n) is 2.14. The SMILES string of the molecule is NCC[C@@H](O)C=O. The molecule has 3 heteroatoms. The number of carbonyl (C=O) groups is 1. The summed E-state index contributed by atoms with van der Waals surface area (Å²) in [5.74, 6) is 0. The van der Waals surface area contributed by atoms with Crippen LogP contribution in [0.3, 0.4) is 0 Å². The molecule has 0 fully saturated rings. The third kappa shape index (κ3) is 3.42. The van der Waals surface area contributed by atoms with E-state index in [0.717, 1.165) is 0 Å². The van der Waals surface area contributed by atoms with Crippen LogP contribution in [-0.2, 0) is 4.79 Å². The lowest BCUT2D eigenvalue weighted by Crippen LogP contribution is -2.13. The predicted octanol–water partition coefficient (Wildman–Crippen LogP) is -1.10. The van der Waals surface area contributed by atoms with Crippen LogP contribution in [0.5, 0.6) is 0 Å². The number of aliphatic hydroxyl groups excluding tert-OH is 1. The van der Waals surface area contributed by atoms with Gasteiger partial charge >= 0.3 is 0 Å². The van der Waals surface area contributed by atoms with Crippen molar-refractivity contribution in [3.8, 4) is 0 Å². The second-order valence-corrected chi connectivity index (χ2v) is 1.28. The second-order valence-electron chi connectivity index (χ2n) is 1.28. The highest BCUT2D eigenvalue weighted by Crippen LogP contribution is 1.79. The average molecular weight is 103 g/mol. The fraction of sp³-hybridized carbons (Fsp3) is 0.750. The van der Waals surface area contributed by atoms with Gasteiger partial charge in [0.05, 0.1) is 0 Å². The molecule has 3 nitrogen and oxygen atoms in total. The zero-order valence-electron chi connectivity index (χ0n) is 4.00. The van der Waals surface area contributed by atoms with Crippen molar-refractivity contribution in [3.05, 3.63) is 0 Å². The molecule has 0 aliphatic carbocycles. The van der Waals surface area contributed by atoms with Crippen LogP contribution in [0, 0.1) is 0 Å². The molecular formula is C4H9NO2. The van der Waals surface area contributed by atoms with Gasteiger partial charge in [-0.2, -0.15) is 0 Å². The van der Waals surface area contributed by atoms with Gasteiger partial charge in [-0.3, -0.25) is 0 Å². The first-order valence-corrected chi connectivity index (χ1v) is 2.14. The lowest BCUT2D eigenvalue weighted by atomic mass is 10.3. The van der Waals surface area contributed by atoms with Crippen molar-refractivity contribution in [2.45, 2.75) is 12.5 Å². The Labute approximate surface area is 42.1 Å². The van der Waals surface area contributed by atoms with Crippen molar-refractivity contribution in [3.63, 3.8) is 0 Å². The highest BCUT2D eigenvalue weighted by molar-refractivity contribution is 5.55. The summed E-state index contributed by atoms with van der Waals surface area (Å²) in [4.78, 5) is 9.59. The van der Waals surface area contributed by atoms with Crippen molar-refractivity contribution in [2.75, 3.05) is 6.54 Å². The molecule has 0 bridgehead atoms. The van der Waals surface area contributed by atoms with Crippen LogP contribution >= 0.6 is 0 Å². The largest absolute Gasteiger partial charge is 0.386 e. The molecule has 0 aromatic rings. The maximum absolute atomic E-state index is 9.59. The van der Waals surface area contributed by atoms with Gasteiger partial charge in [0.1, 0.15) is 12.4 Å². The molecule has 0 aromatic heterocycles. The zero-order chi connectivity index (χ0) is 5.70. The smallest absolute Gasteiger partial charge is 0.148 e. The molecule has 0 radical (unpaired) electrons. The number of nitrogens with two attached hydrogens (primary N) is 1. The Morgan fingerprint density at radius 3 is 2.57 bits per heavy atom. The number of hydrogen-bond acceptors (Lipinski definition) is 3. The molecule has 0 saturated heterocycles. The molecule has 0 amide bonds. The molecular weight excluding hydrogens is 94.0 g/mol. The van der Waals surface area contributed by atoms with Crippen LogP contribution < -0.4 is 5.73 Å². The summed E-state index contributed by atoms with van der Waals surface area (Å²) in [7, 11) is 0. The van der Waals surface area contributed by atoms with E-state index in [1.54, 1.807) is 0 Å². The molecule has 0 aliphatic rings. The number of aldehydes is 1. The summed E-state index contributed by atoms with van der Waals surface area (Å²) >= 11 is 0. The first kappa shape index (κ1) is 6.59. The van der Waals surface area contributed by atoms with Crippen LogP contribution in [-0.4, -0.2) is 24.0 Å². The Kier molecular flexibility index (Phi) is 3.55. The molecule has 1 atom stereocenters. The van der Waals surface area contributed by atoms with Crippen molar-refractivity contribution < 1.29 is 9.90 Å². The minimum absolute atomic E-state index is 0.361. The standard InChI is InChI=1S/C4H9NO2/c5-2-1-4(7)3-6/h3-4,7H,1-2,5H2/t4-/m1/s1. The van der Waals surface area contributed by atoms with E-state index >= 15 is 0 Å². The number of carbonyl (C=O) groups excluding carboxylic acids is 1. The normalized spacial score (nSPS) is 13.4. The number of aliphatic hydroxyl groups is 1. The van der Waals surface area contributed by atoms with Crippen LogP contribution in [0.1, 0.15) is 6.42 Å². The fourth-order valence-corrected chi connectivity index (χ4v) is 0.239. The molecule has 0 heterocycles. The van der Waals surface area contributed by atoms with E-state index in [-0.39, 0.29) is 0 Å². The van der Waals surface area contributed by atoms with E-state index in [1.165, 1.54) is 0 Å². The van der Waals surface area contributed by atoms with E-state index in [9.17, 15) is 4.79 Å². The van der Waals surface area contributed by atoms with Gasteiger partial charge in [0.15, 0.2) is 0 Å². The van der Waals surface area contributed by atoms with E-state index in [2.05, 4.69) is 0 Å². The Balaban J connectivity index is 2.98. The zero-order valence-corrected chi connectivity index (χ0v) is 4.00. The molecule has 0 spiro atoms. The monoisotopic (exact) mass is 103 g/mol. The minimum Gasteiger partial charge on any atom is -0.386 e. The highest BCUT2D eigenvalue weighted by atomic mass is 16.3. The van der Waals surface area contributed by atoms with Gasteiger partial charge in [-0.25, -0.2) is 0 Å². The first-order chi connectivity index (χ1) is 3.31. The Morgan fingerprint density at radius 2 is 2.43 bits per heavy atom. The Morgan fingerprint density at radius 1 is 1.86 bits per heavy atom. The van der Waals surface area contributed by atoms with Crippen molar-refractivity contribution in [2.24, 2.45) is 5.73 Å². The Hall–Kier alpha value is -0.410. The third-order valence-corrected chi connectivity index (χ3v) is 0.620. The topological polar surface area (TPSA) is 63.3 Å². The second kappa shape index (κ2) is 3.77. The van der Waals surface area contributed by atoms with E-state index in [0.29, 0.717) is 19.3 Å². The van der Waals surface area contributed by atoms with Gasteiger partial charge in [-0.15, -0.1) is 0 Å². The maximum atomic E-state index is 9.59. The van der Waals surface area contributed by atoms with Gasteiger partial charge < -0.3 is 15.6 Å². The van der Waals surface area contributed by atoms with Crippen LogP contribution in [0.2, 0.25) is 0 Å². The summed E-state index contributed by atoms with van der Waals surface area (Å²) in [6.07, 6.45) is -0.0129. The molecule has 0 saturated carbocycles. The number of hydrogen-bond donors (Lipinski definition) is 2. The summed E-state index contributed by atoms with van der Waals surface area (Å²) in [6, 6.07) is 0. The molecule has 0 aromatic carbocycles. The maximum Gasteiger partial charge on any atom is 0.148 e. The Bertz CT molecular complexity index is 55.7. The third-order valence-electron chi connectivity index (χ3n) is 0.620. The van der Waals surface area contributed by atoms with Gasteiger partial charge in [0.25, 0.3) is 0 Å². The molecule has 7 heavy (non-hydrogen) atoms. The fourth-order valence-electron chi connectivity index (χ4n) is 0.239. The van der Waals surface area contributed by atoms with Crippen LogP contribution in [0.4, 0.5) is 0 Å². The van der Waals surface area contributed by atoms with Gasteiger partial charge in [0.2, 0.25) is 0 Å². The number of rotatable bonds is 3. The average Bonchev–Trinajstić information content (AvgIpc) is 1.68. The summed E-state index contributed by atoms with van der Waals surface area (Å²) in [5, 5.41) is 8.41. The van der Waals surface area contributed by atoms with E-state index in [4.69, 9.17) is 10.8 Å². The van der Waals surface area contributed by atoms with E-state index < -0.39 is 6.10 Å². The summed E-state index contributed by atoms with van der Waals surface area (Å²) < 4.78 is 0. The summed E-state index contributed by atoms with van der Waals surface area (Å²) in [5.41, 5.74) is 4.99.